The number of aliphatic hydroxyl groups is 1. The van der Waals surface area contributed by atoms with Crippen LogP contribution in [0.2, 0.25) is 5.02 Å². The number of aliphatic hydroxyl groups excluding tert-OH is 1. The summed E-state index contributed by atoms with van der Waals surface area (Å²) in [5, 5.41) is 12.8. The van der Waals surface area contributed by atoms with E-state index < -0.39 is 5.54 Å². The van der Waals surface area contributed by atoms with Crippen molar-refractivity contribution in [3.63, 3.8) is 0 Å². The molecule has 0 atom stereocenters. The Morgan fingerprint density at radius 2 is 2.24 bits per heavy atom. The maximum atomic E-state index is 12.1. The van der Waals surface area contributed by atoms with Gasteiger partial charge in [0.25, 0.3) is 5.91 Å². The SMILES string of the molecule is Cc1c(Cl)cccc1C(=O)NC1(CO)CCC1. The lowest BCUT2D eigenvalue weighted by Crippen LogP contribution is -2.56. The Hall–Kier alpha value is -1.06. The number of carbonyl (C=O) groups excluding carboxylic acids is 1. The van der Waals surface area contributed by atoms with E-state index in [2.05, 4.69) is 5.32 Å². The third-order valence-electron chi connectivity index (χ3n) is 3.50. The fraction of sp³-hybridized carbons (Fsp3) is 0.462. The lowest BCUT2D eigenvalue weighted by atomic mass is 9.77. The summed E-state index contributed by atoms with van der Waals surface area (Å²) in [7, 11) is 0. The van der Waals surface area contributed by atoms with Gasteiger partial charge in [0.1, 0.15) is 0 Å². The van der Waals surface area contributed by atoms with Crippen molar-refractivity contribution in [2.75, 3.05) is 6.61 Å². The fourth-order valence-electron chi connectivity index (χ4n) is 2.09. The van der Waals surface area contributed by atoms with E-state index in [0.717, 1.165) is 24.8 Å². The van der Waals surface area contributed by atoms with Gasteiger partial charge < -0.3 is 10.4 Å². The summed E-state index contributed by atoms with van der Waals surface area (Å²) < 4.78 is 0. The molecule has 2 N–H and O–H groups in total. The minimum atomic E-state index is -0.411. The molecule has 0 unspecified atom stereocenters. The average molecular weight is 254 g/mol. The van der Waals surface area contributed by atoms with E-state index in [1.54, 1.807) is 18.2 Å². The molecular formula is C13H16ClNO2. The standard InChI is InChI=1S/C13H16ClNO2/c1-9-10(4-2-5-11(9)14)12(17)15-13(8-16)6-3-7-13/h2,4-5,16H,3,6-8H2,1H3,(H,15,17). The molecule has 0 aliphatic heterocycles. The molecule has 0 heterocycles. The number of rotatable bonds is 3. The normalized spacial score (nSPS) is 17.4. The van der Waals surface area contributed by atoms with Gasteiger partial charge in [-0.2, -0.15) is 0 Å². The molecular weight excluding hydrogens is 238 g/mol. The van der Waals surface area contributed by atoms with Crippen LogP contribution in [0.4, 0.5) is 0 Å². The number of halogens is 1. The van der Waals surface area contributed by atoms with Gasteiger partial charge in [0.2, 0.25) is 0 Å². The predicted molar refractivity (Wildman–Crippen MR) is 67.3 cm³/mol. The van der Waals surface area contributed by atoms with Crippen molar-refractivity contribution in [3.05, 3.63) is 34.3 Å². The van der Waals surface area contributed by atoms with Gasteiger partial charge in [-0.15, -0.1) is 0 Å². The summed E-state index contributed by atoms with van der Waals surface area (Å²) in [6.45, 7) is 1.82. The molecule has 3 nitrogen and oxygen atoms in total. The first-order valence-corrected chi connectivity index (χ1v) is 6.14. The van der Waals surface area contributed by atoms with Crippen LogP contribution in [0.1, 0.15) is 35.2 Å². The van der Waals surface area contributed by atoms with Crippen LogP contribution in [0.3, 0.4) is 0 Å². The van der Waals surface area contributed by atoms with E-state index in [0.29, 0.717) is 10.6 Å². The van der Waals surface area contributed by atoms with Crippen molar-refractivity contribution >= 4 is 17.5 Å². The van der Waals surface area contributed by atoms with Crippen molar-refractivity contribution in [3.8, 4) is 0 Å². The second-order valence-corrected chi connectivity index (χ2v) is 5.07. The van der Waals surface area contributed by atoms with Crippen molar-refractivity contribution < 1.29 is 9.90 Å². The molecule has 1 aromatic rings. The Balaban J connectivity index is 2.17. The van der Waals surface area contributed by atoms with Gasteiger partial charge in [0.15, 0.2) is 0 Å². The molecule has 0 bridgehead atoms. The summed E-state index contributed by atoms with van der Waals surface area (Å²) in [5.74, 6) is -0.154. The number of benzene rings is 1. The van der Waals surface area contributed by atoms with Crippen LogP contribution in [0, 0.1) is 6.92 Å². The third kappa shape index (κ3) is 2.31. The zero-order valence-electron chi connectivity index (χ0n) is 9.79. The Labute approximate surface area is 106 Å². The highest BCUT2D eigenvalue weighted by Crippen LogP contribution is 2.31. The lowest BCUT2D eigenvalue weighted by molar-refractivity contribution is 0.0641. The van der Waals surface area contributed by atoms with E-state index in [4.69, 9.17) is 11.6 Å². The monoisotopic (exact) mass is 253 g/mol. The zero-order valence-corrected chi connectivity index (χ0v) is 10.5. The average Bonchev–Trinajstić information content (AvgIpc) is 2.27. The third-order valence-corrected chi connectivity index (χ3v) is 3.91. The van der Waals surface area contributed by atoms with E-state index in [1.165, 1.54) is 0 Å². The van der Waals surface area contributed by atoms with Gasteiger partial charge >= 0.3 is 0 Å². The lowest BCUT2D eigenvalue weighted by Gasteiger charge is -2.41. The number of hydrogen-bond donors (Lipinski definition) is 2. The summed E-state index contributed by atoms with van der Waals surface area (Å²) in [6.07, 6.45) is 2.74. The predicted octanol–water partition coefficient (Wildman–Crippen LogP) is 2.29. The Kier molecular flexibility index (Phi) is 3.40. The van der Waals surface area contributed by atoms with Crippen LogP contribution in [0.25, 0.3) is 0 Å². The summed E-state index contributed by atoms with van der Waals surface area (Å²) in [4.78, 5) is 12.1. The molecule has 0 radical (unpaired) electrons. The maximum absolute atomic E-state index is 12.1. The highest BCUT2D eigenvalue weighted by molar-refractivity contribution is 6.31. The van der Waals surface area contributed by atoms with Crippen molar-refractivity contribution in [1.82, 2.24) is 5.32 Å². The quantitative estimate of drug-likeness (QED) is 0.868. The minimum absolute atomic E-state index is 0.00163. The van der Waals surface area contributed by atoms with E-state index >= 15 is 0 Å². The molecule has 1 saturated carbocycles. The van der Waals surface area contributed by atoms with Crippen LogP contribution in [-0.4, -0.2) is 23.2 Å². The van der Waals surface area contributed by atoms with Crippen LogP contribution in [-0.2, 0) is 0 Å². The molecule has 1 amide bonds. The first kappa shape index (κ1) is 12.4. The molecule has 0 aromatic heterocycles. The second kappa shape index (κ2) is 4.67. The molecule has 4 heteroatoms. The minimum Gasteiger partial charge on any atom is -0.394 e. The van der Waals surface area contributed by atoms with Gasteiger partial charge in [0, 0.05) is 10.6 Å². The number of carbonyl (C=O) groups is 1. The zero-order chi connectivity index (χ0) is 12.5. The number of nitrogens with one attached hydrogen (secondary N) is 1. The highest BCUT2D eigenvalue weighted by atomic mass is 35.5. The van der Waals surface area contributed by atoms with Crippen molar-refractivity contribution in [1.29, 1.82) is 0 Å². The maximum Gasteiger partial charge on any atom is 0.252 e. The molecule has 1 fully saturated rings. The van der Waals surface area contributed by atoms with Crippen LogP contribution in [0.15, 0.2) is 18.2 Å². The van der Waals surface area contributed by atoms with Gasteiger partial charge in [-0.05, 0) is 43.9 Å². The second-order valence-electron chi connectivity index (χ2n) is 4.66. The van der Waals surface area contributed by atoms with Gasteiger partial charge in [0.05, 0.1) is 12.1 Å². The summed E-state index contributed by atoms with van der Waals surface area (Å²) in [6, 6.07) is 5.27. The summed E-state index contributed by atoms with van der Waals surface area (Å²) >= 11 is 5.98. The molecule has 92 valence electrons. The molecule has 1 aliphatic carbocycles. The topological polar surface area (TPSA) is 49.3 Å². The fourth-order valence-corrected chi connectivity index (χ4v) is 2.26. The molecule has 2 rings (SSSR count). The van der Waals surface area contributed by atoms with Crippen molar-refractivity contribution in [2.24, 2.45) is 0 Å². The van der Waals surface area contributed by atoms with Crippen LogP contribution in [0.5, 0.6) is 0 Å². The Morgan fingerprint density at radius 3 is 2.76 bits per heavy atom. The smallest absolute Gasteiger partial charge is 0.252 e. The number of hydrogen-bond acceptors (Lipinski definition) is 2. The summed E-state index contributed by atoms with van der Waals surface area (Å²) in [5.41, 5.74) is 0.947. The van der Waals surface area contributed by atoms with Gasteiger partial charge in [-0.25, -0.2) is 0 Å². The highest BCUT2D eigenvalue weighted by Gasteiger charge is 2.38. The van der Waals surface area contributed by atoms with E-state index in [-0.39, 0.29) is 12.5 Å². The first-order valence-electron chi connectivity index (χ1n) is 5.76. The van der Waals surface area contributed by atoms with Crippen LogP contribution >= 0.6 is 11.6 Å². The van der Waals surface area contributed by atoms with Gasteiger partial charge in [-0.1, -0.05) is 17.7 Å². The molecule has 1 aromatic carbocycles. The van der Waals surface area contributed by atoms with Gasteiger partial charge in [-0.3, -0.25) is 4.79 Å². The number of amides is 1. The molecule has 1 aliphatic rings. The molecule has 0 spiro atoms. The molecule has 17 heavy (non-hydrogen) atoms. The van der Waals surface area contributed by atoms with Crippen LogP contribution < -0.4 is 5.32 Å². The van der Waals surface area contributed by atoms with E-state index in [9.17, 15) is 9.90 Å². The molecule has 0 saturated heterocycles. The van der Waals surface area contributed by atoms with E-state index in [1.807, 2.05) is 6.92 Å². The largest absolute Gasteiger partial charge is 0.394 e. The Bertz CT molecular complexity index is 436. The first-order chi connectivity index (χ1) is 8.08. The Morgan fingerprint density at radius 1 is 1.53 bits per heavy atom. The van der Waals surface area contributed by atoms with Crippen molar-refractivity contribution in [2.45, 2.75) is 31.7 Å².